The van der Waals surface area contributed by atoms with Gasteiger partial charge in [0.1, 0.15) is 0 Å². The van der Waals surface area contributed by atoms with Gasteiger partial charge in [-0.25, -0.2) is 9.78 Å². The maximum atomic E-state index is 12.4. The number of hydrogen-bond donors (Lipinski definition) is 2. The number of thiazole rings is 1. The molecule has 0 aliphatic rings. The van der Waals surface area contributed by atoms with Gasteiger partial charge in [-0.1, -0.05) is 0 Å². The summed E-state index contributed by atoms with van der Waals surface area (Å²) in [6.07, 6.45) is 0. The highest BCUT2D eigenvalue weighted by atomic mass is 32.2. The summed E-state index contributed by atoms with van der Waals surface area (Å²) in [6.45, 7) is 1.99. The monoisotopic (exact) mass is 397 g/mol. The molecular weight excluding hydrogens is 382 g/mol. The molecule has 0 unspecified atom stereocenters. The molecule has 1 amide bonds. The number of nitrogens with zero attached hydrogens (tertiary/aromatic N) is 1. The first-order valence-electron chi connectivity index (χ1n) is 8.15. The third-order valence-electron chi connectivity index (χ3n) is 3.85. The number of benzene rings is 2. The first-order chi connectivity index (χ1) is 13.1. The van der Waals surface area contributed by atoms with Crippen LogP contribution in [-0.4, -0.2) is 15.9 Å². The number of rotatable bonds is 5. The maximum absolute atomic E-state index is 12.4. The van der Waals surface area contributed by atoms with Crippen LogP contribution in [0.25, 0.3) is 11.1 Å². The summed E-state index contributed by atoms with van der Waals surface area (Å²) in [7, 11) is 0. The summed E-state index contributed by atoms with van der Waals surface area (Å²) >= 11 is 3.33. The van der Waals surface area contributed by atoms with E-state index >= 15 is 0 Å². The summed E-state index contributed by atoms with van der Waals surface area (Å²) < 4.78 is 4.95. The van der Waals surface area contributed by atoms with Gasteiger partial charge >= 0.3 is 5.76 Å². The van der Waals surface area contributed by atoms with Crippen LogP contribution in [0.3, 0.4) is 0 Å². The van der Waals surface area contributed by atoms with Crippen LogP contribution in [0.2, 0.25) is 0 Å². The minimum atomic E-state index is -0.519. The Morgan fingerprint density at radius 1 is 1.26 bits per heavy atom. The Labute approximate surface area is 162 Å². The third kappa shape index (κ3) is 4.12. The van der Waals surface area contributed by atoms with Gasteiger partial charge in [0.2, 0.25) is 0 Å². The number of H-pyrrole nitrogens is 1. The van der Waals surface area contributed by atoms with Crippen LogP contribution in [0.4, 0.5) is 5.69 Å². The molecule has 0 bridgehead atoms. The second kappa shape index (κ2) is 7.42. The van der Waals surface area contributed by atoms with Crippen molar-refractivity contribution < 1.29 is 9.21 Å². The fourth-order valence-corrected chi connectivity index (χ4v) is 4.08. The SMILES string of the molecule is Cc1nc(CSc2ccc(C(=O)Nc3ccc4oc(=O)[nH]c4c3)cc2)cs1. The number of oxazole rings is 1. The van der Waals surface area contributed by atoms with E-state index in [0.29, 0.717) is 22.4 Å². The predicted octanol–water partition coefficient (Wildman–Crippen LogP) is 4.43. The number of fused-ring (bicyclic) bond motifs is 1. The van der Waals surface area contributed by atoms with Crippen molar-refractivity contribution in [3.63, 3.8) is 0 Å². The Balaban J connectivity index is 1.41. The van der Waals surface area contributed by atoms with Gasteiger partial charge in [0.25, 0.3) is 5.91 Å². The molecule has 0 aliphatic carbocycles. The lowest BCUT2D eigenvalue weighted by atomic mass is 10.2. The molecule has 0 atom stereocenters. The summed E-state index contributed by atoms with van der Waals surface area (Å²) in [5.74, 6) is 0.0694. The molecule has 2 heterocycles. The number of carbonyl (C=O) groups is 1. The lowest BCUT2D eigenvalue weighted by Gasteiger charge is -2.06. The normalized spacial score (nSPS) is 11.0. The summed E-state index contributed by atoms with van der Waals surface area (Å²) in [5, 5.41) is 5.95. The maximum Gasteiger partial charge on any atom is 0.417 e. The molecule has 136 valence electrons. The highest BCUT2D eigenvalue weighted by Crippen LogP contribution is 2.24. The van der Waals surface area contributed by atoms with Crippen LogP contribution in [0.5, 0.6) is 0 Å². The van der Waals surface area contributed by atoms with Crippen LogP contribution < -0.4 is 11.1 Å². The van der Waals surface area contributed by atoms with E-state index in [1.165, 1.54) is 0 Å². The van der Waals surface area contributed by atoms with Crippen molar-refractivity contribution in [3.05, 3.63) is 74.7 Å². The molecule has 4 aromatic rings. The Kier molecular flexibility index (Phi) is 4.83. The molecule has 0 saturated carbocycles. The Morgan fingerprint density at radius 2 is 2.07 bits per heavy atom. The Bertz CT molecular complexity index is 1160. The minimum Gasteiger partial charge on any atom is -0.408 e. The van der Waals surface area contributed by atoms with Crippen molar-refractivity contribution in [2.75, 3.05) is 5.32 Å². The van der Waals surface area contributed by atoms with Gasteiger partial charge in [-0.3, -0.25) is 9.78 Å². The fraction of sp³-hybridized carbons (Fsp3) is 0.105. The van der Waals surface area contributed by atoms with Gasteiger partial charge in [0.05, 0.1) is 16.2 Å². The molecule has 0 spiro atoms. The van der Waals surface area contributed by atoms with E-state index in [-0.39, 0.29) is 5.91 Å². The van der Waals surface area contributed by atoms with Crippen molar-refractivity contribution in [1.29, 1.82) is 0 Å². The van der Waals surface area contributed by atoms with Crippen LogP contribution in [-0.2, 0) is 5.75 Å². The second-order valence-corrected chi connectivity index (χ2v) is 7.96. The zero-order valence-electron chi connectivity index (χ0n) is 14.3. The molecule has 2 aromatic carbocycles. The number of aromatic nitrogens is 2. The van der Waals surface area contributed by atoms with Crippen molar-refractivity contribution in [2.24, 2.45) is 0 Å². The van der Waals surface area contributed by atoms with Gasteiger partial charge in [0, 0.05) is 27.3 Å². The fourth-order valence-electron chi connectivity index (χ4n) is 2.57. The minimum absolute atomic E-state index is 0.216. The first kappa shape index (κ1) is 17.6. The number of hydrogen-bond acceptors (Lipinski definition) is 6. The largest absolute Gasteiger partial charge is 0.417 e. The number of aromatic amines is 1. The Hall–Kier alpha value is -2.84. The third-order valence-corrected chi connectivity index (χ3v) is 5.71. The standard InChI is InChI=1S/C19H15N3O3S2/c1-11-20-14(9-26-11)10-27-15-5-2-12(3-6-15)18(23)21-13-4-7-17-16(8-13)22-19(24)25-17/h2-9H,10H2,1H3,(H,21,23)(H,22,24). The lowest BCUT2D eigenvalue weighted by molar-refractivity contribution is 0.102. The van der Waals surface area contributed by atoms with E-state index < -0.39 is 5.76 Å². The predicted molar refractivity (Wildman–Crippen MR) is 108 cm³/mol. The van der Waals surface area contributed by atoms with E-state index in [9.17, 15) is 9.59 Å². The van der Waals surface area contributed by atoms with E-state index in [4.69, 9.17) is 4.42 Å². The topological polar surface area (TPSA) is 88.0 Å². The van der Waals surface area contributed by atoms with Crippen LogP contribution >= 0.6 is 23.1 Å². The van der Waals surface area contributed by atoms with Gasteiger partial charge in [-0.05, 0) is 49.4 Å². The number of thioether (sulfide) groups is 1. The van der Waals surface area contributed by atoms with Gasteiger partial charge in [-0.2, -0.15) is 0 Å². The number of carbonyl (C=O) groups excluding carboxylic acids is 1. The van der Waals surface area contributed by atoms with Crippen molar-refractivity contribution in [3.8, 4) is 0 Å². The molecule has 6 nitrogen and oxygen atoms in total. The average molecular weight is 397 g/mol. The van der Waals surface area contributed by atoms with Gasteiger partial charge in [-0.15, -0.1) is 23.1 Å². The van der Waals surface area contributed by atoms with Gasteiger partial charge < -0.3 is 9.73 Å². The molecule has 2 aromatic heterocycles. The smallest absolute Gasteiger partial charge is 0.408 e. The van der Waals surface area contributed by atoms with Crippen molar-refractivity contribution in [1.82, 2.24) is 9.97 Å². The Morgan fingerprint density at radius 3 is 2.81 bits per heavy atom. The number of aryl methyl sites for hydroxylation is 1. The molecule has 4 rings (SSSR count). The molecule has 0 aliphatic heterocycles. The van der Waals surface area contributed by atoms with Gasteiger partial charge in [0.15, 0.2) is 5.58 Å². The van der Waals surface area contributed by atoms with E-state index in [1.54, 1.807) is 53.4 Å². The van der Waals surface area contributed by atoms with E-state index in [1.807, 2.05) is 19.1 Å². The number of amides is 1. The summed E-state index contributed by atoms with van der Waals surface area (Å²) in [4.78, 5) is 31.7. The zero-order valence-corrected chi connectivity index (χ0v) is 15.9. The average Bonchev–Trinajstić information content (AvgIpc) is 3.24. The van der Waals surface area contributed by atoms with Crippen molar-refractivity contribution >= 4 is 45.8 Å². The summed E-state index contributed by atoms with van der Waals surface area (Å²) in [6, 6.07) is 12.4. The molecule has 0 saturated heterocycles. The number of anilines is 1. The van der Waals surface area contributed by atoms with Crippen molar-refractivity contribution in [2.45, 2.75) is 17.6 Å². The molecule has 27 heavy (non-hydrogen) atoms. The number of nitrogens with one attached hydrogen (secondary N) is 2. The van der Waals surface area contributed by atoms with Crippen LogP contribution in [0.15, 0.2) is 62.0 Å². The molecule has 0 radical (unpaired) electrons. The molecular formula is C19H15N3O3S2. The molecule has 0 fully saturated rings. The van der Waals surface area contributed by atoms with E-state index in [0.717, 1.165) is 21.3 Å². The molecule has 2 N–H and O–H groups in total. The highest BCUT2D eigenvalue weighted by molar-refractivity contribution is 7.98. The highest BCUT2D eigenvalue weighted by Gasteiger charge is 2.09. The van der Waals surface area contributed by atoms with E-state index in [2.05, 4.69) is 20.7 Å². The van der Waals surface area contributed by atoms with Crippen LogP contribution in [0, 0.1) is 6.92 Å². The quantitative estimate of drug-likeness (QED) is 0.486. The van der Waals surface area contributed by atoms with Crippen LogP contribution in [0.1, 0.15) is 21.1 Å². The lowest BCUT2D eigenvalue weighted by Crippen LogP contribution is -2.11. The second-order valence-electron chi connectivity index (χ2n) is 5.85. The summed E-state index contributed by atoms with van der Waals surface area (Å²) in [5.41, 5.74) is 3.21. The zero-order chi connectivity index (χ0) is 18.8. The first-order valence-corrected chi connectivity index (χ1v) is 10.0. The molecule has 8 heteroatoms.